The van der Waals surface area contributed by atoms with Crippen molar-refractivity contribution in [2.75, 3.05) is 46.2 Å². The molecule has 1 rings (SSSR count). The maximum atomic E-state index is 12.1. The Hall–Kier alpha value is -1.04. The van der Waals surface area contributed by atoms with E-state index >= 15 is 0 Å². The SMILES string of the molecule is CNCCN(C)C(=O)c1ccnc(N(C)C)c1.Cl.Cl. The molecule has 5 nitrogen and oxygen atoms in total. The zero-order valence-electron chi connectivity index (χ0n) is 11.7. The fraction of sp³-hybridized carbons (Fsp3) is 0.500. The highest BCUT2D eigenvalue weighted by molar-refractivity contribution is 5.94. The lowest BCUT2D eigenvalue weighted by Gasteiger charge is -2.18. The van der Waals surface area contributed by atoms with Crippen LogP contribution in [0.2, 0.25) is 0 Å². The largest absolute Gasteiger partial charge is 0.363 e. The van der Waals surface area contributed by atoms with E-state index in [1.807, 2.05) is 26.0 Å². The summed E-state index contributed by atoms with van der Waals surface area (Å²) in [4.78, 5) is 19.8. The number of pyridine rings is 1. The van der Waals surface area contributed by atoms with Crippen LogP contribution in [0.5, 0.6) is 0 Å². The Bertz CT molecular complexity index is 388. The van der Waals surface area contributed by atoms with Gasteiger partial charge in [0.2, 0.25) is 0 Å². The van der Waals surface area contributed by atoms with Gasteiger partial charge in [-0.3, -0.25) is 4.79 Å². The van der Waals surface area contributed by atoms with Crippen molar-refractivity contribution < 1.29 is 4.79 Å². The molecule has 1 aromatic heterocycles. The summed E-state index contributed by atoms with van der Waals surface area (Å²) in [6.45, 7) is 1.48. The molecule has 0 unspecified atom stereocenters. The number of hydrogen-bond donors (Lipinski definition) is 1. The summed E-state index contributed by atoms with van der Waals surface area (Å²) >= 11 is 0. The molecule has 0 aliphatic heterocycles. The van der Waals surface area contributed by atoms with Gasteiger partial charge in [-0.25, -0.2) is 4.98 Å². The highest BCUT2D eigenvalue weighted by atomic mass is 35.5. The predicted molar refractivity (Wildman–Crippen MR) is 83.9 cm³/mol. The van der Waals surface area contributed by atoms with Gasteiger partial charge in [-0.05, 0) is 19.2 Å². The standard InChI is InChI=1S/C12H20N4O.2ClH/c1-13-7-8-16(4)12(17)10-5-6-14-11(9-10)15(2)3;;/h5-6,9,13H,7-8H2,1-4H3;2*1H. The molecule has 0 aliphatic rings. The Morgan fingerprint density at radius 1 is 1.32 bits per heavy atom. The average molecular weight is 309 g/mol. The summed E-state index contributed by atoms with van der Waals surface area (Å²) in [5.41, 5.74) is 0.669. The highest BCUT2D eigenvalue weighted by Gasteiger charge is 2.12. The number of nitrogens with one attached hydrogen (secondary N) is 1. The van der Waals surface area contributed by atoms with E-state index in [9.17, 15) is 4.79 Å². The molecule has 0 fully saturated rings. The molecular formula is C12H22Cl2N4O. The molecule has 0 atom stereocenters. The molecule has 1 heterocycles. The molecule has 0 saturated carbocycles. The van der Waals surface area contributed by atoms with Crippen LogP contribution in [0.25, 0.3) is 0 Å². The minimum Gasteiger partial charge on any atom is -0.363 e. The van der Waals surface area contributed by atoms with Gasteiger partial charge in [0.1, 0.15) is 5.82 Å². The van der Waals surface area contributed by atoms with E-state index in [0.29, 0.717) is 12.1 Å². The molecule has 0 spiro atoms. The van der Waals surface area contributed by atoms with E-state index in [2.05, 4.69) is 10.3 Å². The molecular weight excluding hydrogens is 287 g/mol. The van der Waals surface area contributed by atoms with Gasteiger partial charge < -0.3 is 15.1 Å². The van der Waals surface area contributed by atoms with Crippen molar-refractivity contribution in [1.29, 1.82) is 0 Å². The normalized spacial score (nSPS) is 9.05. The molecule has 110 valence electrons. The first-order valence-electron chi connectivity index (χ1n) is 5.59. The summed E-state index contributed by atoms with van der Waals surface area (Å²) in [6.07, 6.45) is 1.66. The molecule has 0 saturated heterocycles. The lowest BCUT2D eigenvalue weighted by Crippen LogP contribution is -2.32. The second-order valence-electron chi connectivity index (χ2n) is 4.13. The number of nitrogens with zero attached hydrogens (tertiary/aromatic N) is 3. The van der Waals surface area contributed by atoms with Crippen molar-refractivity contribution in [3.8, 4) is 0 Å². The third kappa shape index (κ3) is 6.09. The zero-order valence-corrected chi connectivity index (χ0v) is 13.3. The van der Waals surface area contributed by atoms with Gasteiger partial charge in [0.15, 0.2) is 0 Å². The zero-order chi connectivity index (χ0) is 12.8. The number of halogens is 2. The average Bonchev–Trinajstić information content (AvgIpc) is 2.35. The number of likely N-dealkylation sites (N-methyl/N-ethyl adjacent to an activating group) is 2. The van der Waals surface area contributed by atoms with Gasteiger partial charge in [0.05, 0.1) is 0 Å². The molecule has 1 aromatic rings. The minimum atomic E-state index is 0. The van der Waals surface area contributed by atoms with E-state index in [1.54, 1.807) is 30.3 Å². The van der Waals surface area contributed by atoms with E-state index < -0.39 is 0 Å². The van der Waals surface area contributed by atoms with Gasteiger partial charge in [0.25, 0.3) is 5.91 Å². The van der Waals surface area contributed by atoms with Gasteiger partial charge in [0, 0.05) is 46.0 Å². The van der Waals surface area contributed by atoms with Crippen LogP contribution in [0.3, 0.4) is 0 Å². The van der Waals surface area contributed by atoms with Crippen molar-refractivity contribution in [1.82, 2.24) is 15.2 Å². The van der Waals surface area contributed by atoms with E-state index in [0.717, 1.165) is 12.4 Å². The lowest BCUT2D eigenvalue weighted by molar-refractivity contribution is 0.0797. The number of rotatable bonds is 5. The quantitative estimate of drug-likeness (QED) is 0.890. The van der Waals surface area contributed by atoms with Gasteiger partial charge in [-0.1, -0.05) is 0 Å². The fourth-order valence-corrected chi connectivity index (χ4v) is 1.40. The Kier molecular flexibility index (Phi) is 10.5. The molecule has 19 heavy (non-hydrogen) atoms. The maximum absolute atomic E-state index is 12.1. The third-order valence-electron chi connectivity index (χ3n) is 2.49. The Balaban J connectivity index is 0. The molecule has 0 aromatic carbocycles. The number of hydrogen-bond acceptors (Lipinski definition) is 4. The van der Waals surface area contributed by atoms with Crippen molar-refractivity contribution in [3.63, 3.8) is 0 Å². The third-order valence-corrected chi connectivity index (χ3v) is 2.49. The van der Waals surface area contributed by atoms with E-state index in [-0.39, 0.29) is 30.7 Å². The smallest absolute Gasteiger partial charge is 0.253 e. The van der Waals surface area contributed by atoms with Gasteiger partial charge >= 0.3 is 0 Å². The summed E-state index contributed by atoms with van der Waals surface area (Å²) in [6, 6.07) is 3.55. The van der Waals surface area contributed by atoms with Crippen LogP contribution < -0.4 is 10.2 Å². The minimum absolute atomic E-state index is 0. The second-order valence-corrected chi connectivity index (χ2v) is 4.13. The molecule has 7 heteroatoms. The van der Waals surface area contributed by atoms with Crippen LogP contribution >= 0.6 is 24.8 Å². The van der Waals surface area contributed by atoms with E-state index in [1.165, 1.54) is 0 Å². The van der Waals surface area contributed by atoms with Crippen molar-refractivity contribution in [2.24, 2.45) is 0 Å². The Morgan fingerprint density at radius 3 is 2.47 bits per heavy atom. The number of carbonyl (C=O) groups is 1. The van der Waals surface area contributed by atoms with Gasteiger partial charge in [-0.2, -0.15) is 0 Å². The maximum Gasteiger partial charge on any atom is 0.253 e. The van der Waals surface area contributed by atoms with Crippen LogP contribution in [0.1, 0.15) is 10.4 Å². The molecule has 0 radical (unpaired) electrons. The summed E-state index contributed by atoms with van der Waals surface area (Å²) < 4.78 is 0. The highest BCUT2D eigenvalue weighted by Crippen LogP contribution is 2.11. The topological polar surface area (TPSA) is 48.5 Å². The van der Waals surface area contributed by atoms with Crippen LogP contribution in [0.4, 0.5) is 5.82 Å². The summed E-state index contributed by atoms with van der Waals surface area (Å²) in [5.74, 6) is 0.809. The Morgan fingerprint density at radius 2 is 1.95 bits per heavy atom. The summed E-state index contributed by atoms with van der Waals surface area (Å²) in [5, 5.41) is 3.02. The number of amides is 1. The van der Waals surface area contributed by atoms with Crippen LogP contribution in [0, 0.1) is 0 Å². The molecule has 1 amide bonds. The first-order valence-corrected chi connectivity index (χ1v) is 5.59. The first kappa shape index (κ1) is 20.3. The van der Waals surface area contributed by atoms with Crippen molar-refractivity contribution in [2.45, 2.75) is 0 Å². The lowest BCUT2D eigenvalue weighted by atomic mass is 10.2. The number of carbonyl (C=O) groups excluding carboxylic acids is 1. The molecule has 1 N–H and O–H groups in total. The second kappa shape index (κ2) is 9.83. The van der Waals surface area contributed by atoms with Crippen molar-refractivity contribution in [3.05, 3.63) is 23.9 Å². The van der Waals surface area contributed by atoms with Crippen LogP contribution in [-0.4, -0.2) is 57.1 Å². The van der Waals surface area contributed by atoms with E-state index in [4.69, 9.17) is 0 Å². The van der Waals surface area contributed by atoms with Crippen molar-refractivity contribution >= 4 is 36.5 Å². The number of aromatic nitrogens is 1. The molecule has 0 aliphatic carbocycles. The fourth-order valence-electron chi connectivity index (χ4n) is 1.40. The summed E-state index contributed by atoms with van der Waals surface area (Å²) in [7, 11) is 7.48. The molecule has 0 bridgehead atoms. The van der Waals surface area contributed by atoms with Gasteiger partial charge in [-0.15, -0.1) is 24.8 Å². The van der Waals surface area contributed by atoms with Crippen LogP contribution in [-0.2, 0) is 0 Å². The number of anilines is 1. The predicted octanol–water partition coefficient (Wildman–Crippen LogP) is 1.28. The monoisotopic (exact) mass is 308 g/mol. The Labute approximate surface area is 127 Å². The van der Waals surface area contributed by atoms with Crippen LogP contribution in [0.15, 0.2) is 18.3 Å². The first-order chi connectivity index (χ1) is 8.06.